The standard InChI is InChI=1S/C14H19F2NO/c1-11-5-7-12(8-6-11)17-9-3-2-4-13(17)10-18-14(15)16/h5-8,13-14H,2-4,9-10H2,1H3/t13-/m0/s1. The molecule has 1 aliphatic rings. The van der Waals surface area contributed by atoms with Crippen LogP contribution in [0.1, 0.15) is 24.8 Å². The highest BCUT2D eigenvalue weighted by molar-refractivity contribution is 5.48. The first-order valence-electron chi connectivity index (χ1n) is 6.40. The van der Waals surface area contributed by atoms with Crippen LogP contribution >= 0.6 is 0 Å². The van der Waals surface area contributed by atoms with Crippen LogP contribution in [-0.2, 0) is 4.74 Å². The molecule has 2 rings (SSSR count). The topological polar surface area (TPSA) is 12.5 Å². The molecular weight excluding hydrogens is 236 g/mol. The molecule has 1 heterocycles. The van der Waals surface area contributed by atoms with Crippen LogP contribution in [0.25, 0.3) is 0 Å². The summed E-state index contributed by atoms with van der Waals surface area (Å²) in [5, 5.41) is 0. The Hall–Kier alpha value is -1.16. The molecule has 18 heavy (non-hydrogen) atoms. The van der Waals surface area contributed by atoms with Crippen LogP contribution in [0.15, 0.2) is 24.3 Å². The van der Waals surface area contributed by atoms with Crippen LogP contribution in [0.2, 0.25) is 0 Å². The van der Waals surface area contributed by atoms with Gasteiger partial charge in [0.15, 0.2) is 0 Å². The third-order valence-corrected chi connectivity index (χ3v) is 3.41. The quantitative estimate of drug-likeness (QED) is 0.815. The number of alkyl halides is 2. The molecule has 0 aliphatic carbocycles. The molecule has 100 valence electrons. The molecule has 1 fully saturated rings. The van der Waals surface area contributed by atoms with E-state index in [4.69, 9.17) is 0 Å². The van der Waals surface area contributed by atoms with Gasteiger partial charge in [0.1, 0.15) is 0 Å². The number of nitrogens with zero attached hydrogens (tertiary/aromatic N) is 1. The zero-order chi connectivity index (χ0) is 13.0. The molecule has 0 amide bonds. The van der Waals surface area contributed by atoms with Crippen molar-refractivity contribution >= 4 is 5.69 Å². The summed E-state index contributed by atoms with van der Waals surface area (Å²) in [6.07, 6.45) is 3.11. The average molecular weight is 255 g/mol. The lowest BCUT2D eigenvalue weighted by molar-refractivity contribution is -0.133. The van der Waals surface area contributed by atoms with Gasteiger partial charge in [0.25, 0.3) is 0 Å². The predicted octanol–water partition coefficient (Wildman–Crippen LogP) is 3.59. The number of rotatable bonds is 4. The maximum absolute atomic E-state index is 12.1. The summed E-state index contributed by atoms with van der Waals surface area (Å²) in [6, 6.07) is 8.27. The summed E-state index contributed by atoms with van der Waals surface area (Å²) in [4.78, 5) is 2.19. The van der Waals surface area contributed by atoms with Crippen LogP contribution in [0.3, 0.4) is 0 Å². The fourth-order valence-electron chi connectivity index (χ4n) is 2.43. The fourth-order valence-corrected chi connectivity index (χ4v) is 2.43. The first-order chi connectivity index (χ1) is 8.66. The fraction of sp³-hybridized carbons (Fsp3) is 0.571. The molecule has 1 saturated heterocycles. The molecule has 1 aromatic rings. The van der Waals surface area contributed by atoms with Gasteiger partial charge in [0.2, 0.25) is 0 Å². The Kier molecular flexibility index (Phi) is 4.53. The summed E-state index contributed by atoms with van der Waals surface area (Å²) in [5.74, 6) is 0. The van der Waals surface area contributed by atoms with Gasteiger partial charge in [0, 0.05) is 12.2 Å². The van der Waals surface area contributed by atoms with Crippen molar-refractivity contribution < 1.29 is 13.5 Å². The lowest BCUT2D eigenvalue weighted by atomic mass is 10.0. The van der Waals surface area contributed by atoms with Crippen LogP contribution in [-0.4, -0.2) is 25.8 Å². The van der Waals surface area contributed by atoms with Gasteiger partial charge in [-0.3, -0.25) is 0 Å². The first kappa shape index (κ1) is 13.3. The van der Waals surface area contributed by atoms with E-state index in [9.17, 15) is 8.78 Å². The molecule has 0 bridgehead atoms. The summed E-state index contributed by atoms with van der Waals surface area (Å²) < 4.78 is 28.7. The molecule has 0 aromatic heterocycles. The van der Waals surface area contributed by atoms with E-state index < -0.39 is 6.61 Å². The van der Waals surface area contributed by atoms with Crippen molar-refractivity contribution in [2.45, 2.75) is 38.8 Å². The van der Waals surface area contributed by atoms with Crippen LogP contribution < -0.4 is 4.90 Å². The largest absolute Gasteiger partial charge is 0.366 e. The van der Waals surface area contributed by atoms with Gasteiger partial charge in [-0.1, -0.05) is 17.7 Å². The Labute approximate surface area is 107 Å². The van der Waals surface area contributed by atoms with Gasteiger partial charge in [-0.15, -0.1) is 0 Å². The summed E-state index contributed by atoms with van der Waals surface area (Å²) in [6.45, 7) is 0.385. The SMILES string of the molecule is Cc1ccc(N2CCCC[C@H]2COC(F)F)cc1. The molecule has 0 unspecified atom stereocenters. The van der Waals surface area contributed by atoms with E-state index in [0.717, 1.165) is 31.5 Å². The van der Waals surface area contributed by atoms with Crippen molar-refractivity contribution in [2.24, 2.45) is 0 Å². The van der Waals surface area contributed by atoms with Gasteiger partial charge in [0.05, 0.1) is 12.6 Å². The number of aryl methyl sites for hydroxylation is 1. The van der Waals surface area contributed by atoms with Crippen molar-refractivity contribution in [3.05, 3.63) is 29.8 Å². The minimum Gasteiger partial charge on any atom is -0.366 e. The highest BCUT2D eigenvalue weighted by Crippen LogP contribution is 2.25. The number of piperidine rings is 1. The predicted molar refractivity (Wildman–Crippen MR) is 68.1 cm³/mol. The number of hydrogen-bond acceptors (Lipinski definition) is 2. The molecule has 0 spiro atoms. The third kappa shape index (κ3) is 3.42. The molecule has 0 saturated carbocycles. The number of hydrogen-bond donors (Lipinski definition) is 0. The smallest absolute Gasteiger partial charge is 0.345 e. The second kappa shape index (κ2) is 6.14. The summed E-state index contributed by atoms with van der Waals surface area (Å²) in [7, 11) is 0. The number of halogens is 2. The second-order valence-corrected chi connectivity index (χ2v) is 4.77. The second-order valence-electron chi connectivity index (χ2n) is 4.77. The van der Waals surface area contributed by atoms with Gasteiger partial charge in [-0.05, 0) is 38.3 Å². The monoisotopic (exact) mass is 255 g/mol. The zero-order valence-electron chi connectivity index (χ0n) is 10.6. The van der Waals surface area contributed by atoms with Crippen molar-refractivity contribution in [1.29, 1.82) is 0 Å². The Morgan fingerprint density at radius 3 is 2.67 bits per heavy atom. The maximum Gasteiger partial charge on any atom is 0.345 e. The maximum atomic E-state index is 12.1. The van der Waals surface area contributed by atoms with Crippen LogP contribution in [0, 0.1) is 6.92 Å². The van der Waals surface area contributed by atoms with Crippen LogP contribution in [0.5, 0.6) is 0 Å². The van der Waals surface area contributed by atoms with E-state index in [0.29, 0.717) is 0 Å². The van der Waals surface area contributed by atoms with Crippen LogP contribution in [0.4, 0.5) is 14.5 Å². The van der Waals surface area contributed by atoms with Gasteiger partial charge in [-0.2, -0.15) is 8.78 Å². The average Bonchev–Trinajstić information content (AvgIpc) is 2.38. The molecule has 1 aliphatic heterocycles. The molecule has 4 heteroatoms. The summed E-state index contributed by atoms with van der Waals surface area (Å²) >= 11 is 0. The lowest BCUT2D eigenvalue weighted by Crippen LogP contribution is -2.42. The van der Waals surface area contributed by atoms with E-state index in [1.54, 1.807) is 0 Å². The van der Waals surface area contributed by atoms with Gasteiger partial charge in [-0.25, -0.2) is 0 Å². The van der Waals surface area contributed by atoms with Crippen molar-refractivity contribution in [3.8, 4) is 0 Å². The van der Waals surface area contributed by atoms with Crippen molar-refractivity contribution in [3.63, 3.8) is 0 Å². The number of benzene rings is 1. The van der Waals surface area contributed by atoms with E-state index in [1.807, 2.05) is 6.92 Å². The number of anilines is 1. The normalized spacial score (nSPS) is 20.4. The Balaban J connectivity index is 2.05. The minimum absolute atomic E-state index is 0.0652. The molecule has 0 N–H and O–H groups in total. The lowest BCUT2D eigenvalue weighted by Gasteiger charge is -2.37. The Morgan fingerprint density at radius 2 is 2.00 bits per heavy atom. The highest BCUT2D eigenvalue weighted by atomic mass is 19.3. The number of ether oxygens (including phenoxy) is 1. The summed E-state index contributed by atoms with van der Waals surface area (Å²) in [5.41, 5.74) is 2.30. The van der Waals surface area contributed by atoms with Crippen molar-refractivity contribution in [2.75, 3.05) is 18.1 Å². The van der Waals surface area contributed by atoms with E-state index >= 15 is 0 Å². The van der Waals surface area contributed by atoms with Crippen molar-refractivity contribution in [1.82, 2.24) is 0 Å². The van der Waals surface area contributed by atoms with E-state index in [2.05, 4.69) is 33.9 Å². The molecular formula is C14H19F2NO. The zero-order valence-corrected chi connectivity index (χ0v) is 10.6. The third-order valence-electron chi connectivity index (χ3n) is 3.41. The minimum atomic E-state index is -2.67. The molecule has 2 nitrogen and oxygen atoms in total. The Morgan fingerprint density at radius 1 is 1.28 bits per heavy atom. The molecule has 0 radical (unpaired) electrons. The van der Waals surface area contributed by atoms with E-state index in [1.165, 1.54) is 5.56 Å². The Bertz CT molecular complexity index is 367. The first-order valence-corrected chi connectivity index (χ1v) is 6.40. The van der Waals surface area contributed by atoms with Gasteiger partial charge >= 0.3 is 6.61 Å². The van der Waals surface area contributed by atoms with Gasteiger partial charge < -0.3 is 9.64 Å². The highest BCUT2D eigenvalue weighted by Gasteiger charge is 2.23. The molecule has 1 atom stereocenters. The van der Waals surface area contributed by atoms with E-state index in [-0.39, 0.29) is 12.6 Å². The molecule has 1 aromatic carbocycles.